The third kappa shape index (κ3) is 2.02. The van der Waals surface area contributed by atoms with Crippen molar-refractivity contribution in [1.82, 2.24) is 4.31 Å². The molecule has 5 nitrogen and oxygen atoms in total. The monoisotopic (exact) mass is 315 g/mol. The van der Waals surface area contributed by atoms with Crippen LogP contribution in [0, 0.1) is 16.7 Å². The van der Waals surface area contributed by atoms with Crippen LogP contribution in [0.5, 0.6) is 0 Å². The molecule has 1 unspecified atom stereocenters. The van der Waals surface area contributed by atoms with Gasteiger partial charge in [0.2, 0.25) is 10.0 Å². The number of nitrogens with zero attached hydrogens (tertiary/aromatic N) is 1. The Morgan fingerprint density at radius 3 is 2.57 bits per heavy atom. The van der Waals surface area contributed by atoms with Crippen molar-refractivity contribution in [3.63, 3.8) is 0 Å². The molecule has 2 bridgehead atoms. The fraction of sp³-hybridized carbons (Fsp3) is 0.933. The minimum atomic E-state index is -3.50. The minimum Gasteiger partial charge on any atom is -0.395 e. The SMILES string of the molecule is CC1(C)[C@@H]2CC[C@@]1(CS(=O)(=O)N1CCCC1CO)C(=O)C2. The van der Waals surface area contributed by atoms with Gasteiger partial charge in [-0.3, -0.25) is 4.79 Å². The van der Waals surface area contributed by atoms with Crippen LogP contribution >= 0.6 is 0 Å². The molecule has 0 amide bonds. The molecule has 0 radical (unpaired) electrons. The molecule has 3 aliphatic rings. The van der Waals surface area contributed by atoms with Gasteiger partial charge in [0.05, 0.1) is 12.4 Å². The largest absolute Gasteiger partial charge is 0.395 e. The van der Waals surface area contributed by atoms with E-state index in [1.165, 1.54) is 4.31 Å². The number of carbonyl (C=O) groups is 1. The summed E-state index contributed by atoms with van der Waals surface area (Å²) in [5.74, 6) is 0.387. The molecule has 0 aromatic carbocycles. The maximum absolute atomic E-state index is 12.8. The molecule has 3 fully saturated rings. The Kier molecular flexibility index (Phi) is 3.50. The Labute approximate surface area is 126 Å². The second kappa shape index (κ2) is 4.77. The molecule has 1 aliphatic heterocycles. The molecule has 21 heavy (non-hydrogen) atoms. The lowest BCUT2D eigenvalue weighted by Crippen LogP contribution is -2.48. The van der Waals surface area contributed by atoms with Crippen LogP contribution in [0.25, 0.3) is 0 Å². The Balaban J connectivity index is 1.90. The number of sulfonamides is 1. The van der Waals surface area contributed by atoms with Gasteiger partial charge in [-0.2, -0.15) is 4.31 Å². The Morgan fingerprint density at radius 1 is 1.33 bits per heavy atom. The van der Waals surface area contributed by atoms with Gasteiger partial charge in [-0.15, -0.1) is 0 Å². The highest BCUT2D eigenvalue weighted by atomic mass is 32.2. The van der Waals surface area contributed by atoms with Crippen molar-refractivity contribution < 1.29 is 18.3 Å². The number of hydrogen-bond acceptors (Lipinski definition) is 4. The van der Waals surface area contributed by atoms with Crippen molar-refractivity contribution in [3.05, 3.63) is 0 Å². The van der Waals surface area contributed by atoms with Gasteiger partial charge < -0.3 is 5.11 Å². The fourth-order valence-electron chi connectivity index (χ4n) is 4.86. The van der Waals surface area contributed by atoms with Gasteiger partial charge in [0.25, 0.3) is 0 Å². The summed E-state index contributed by atoms with van der Waals surface area (Å²) < 4.78 is 27.1. The quantitative estimate of drug-likeness (QED) is 0.845. The predicted octanol–water partition coefficient (Wildman–Crippen LogP) is 1.17. The van der Waals surface area contributed by atoms with Crippen LogP contribution in [0.15, 0.2) is 0 Å². The van der Waals surface area contributed by atoms with E-state index in [4.69, 9.17) is 0 Å². The lowest BCUT2D eigenvalue weighted by atomic mass is 9.70. The van der Waals surface area contributed by atoms with Gasteiger partial charge in [-0.25, -0.2) is 8.42 Å². The van der Waals surface area contributed by atoms with E-state index in [-0.39, 0.29) is 29.6 Å². The number of Topliss-reactive ketones (excluding diaryl/α,β-unsaturated/α-hetero) is 1. The van der Waals surface area contributed by atoms with Crippen molar-refractivity contribution in [3.8, 4) is 0 Å². The summed E-state index contributed by atoms with van der Waals surface area (Å²) in [4.78, 5) is 12.5. The summed E-state index contributed by atoms with van der Waals surface area (Å²) in [6.45, 7) is 4.45. The third-order valence-electron chi connectivity index (χ3n) is 6.46. The molecule has 2 saturated carbocycles. The summed E-state index contributed by atoms with van der Waals surface area (Å²) in [5, 5.41) is 9.37. The number of carbonyl (C=O) groups excluding carboxylic acids is 1. The van der Waals surface area contributed by atoms with E-state index in [9.17, 15) is 18.3 Å². The van der Waals surface area contributed by atoms with Crippen LogP contribution in [0.1, 0.15) is 46.0 Å². The normalized spacial score (nSPS) is 39.3. The van der Waals surface area contributed by atoms with E-state index >= 15 is 0 Å². The molecule has 0 aromatic heterocycles. The maximum Gasteiger partial charge on any atom is 0.215 e. The standard InChI is InChI=1S/C15H25NO4S/c1-14(2)11-5-6-15(14,13(18)8-11)10-21(19,20)16-7-3-4-12(16)9-17/h11-12,17H,3-10H2,1-2H3/t11-,12?,15-/m1/s1. The van der Waals surface area contributed by atoms with Crippen molar-refractivity contribution in [2.75, 3.05) is 18.9 Å². The van der Waals surface area contributed by atoms with Crippen molar-refractivity contribution >= 4 is 15.8 Å². The van der Waals surface area contributed by atoms with Crippen molar-refractivity contribution in [2.45, 2.75) is 52.0 Å². The number of rotatable bonds is 4. The minimum absolute atomic E-state index is 0.0706. The first-order chi connectivity index (χ1) is 9.74. The summed E-state index contributed by atoms with van der Waals surface area (Å²) in [6, 6.07) is -0.303. The highest BCUT2D eigenvalue weighted by Crippen LogP contribution is 2.64. The maximum atomic E-state index is 12.8. The number of aliphatic hydroxyl groups is 1. The highest BCUT2D eigenvalue weighted by Gasteiger charge is 2.65. The molecule has 0 aromatic rings. The highest BCUT2D eigenvalue weighted by molar-refractivity contribution is 7.89. The van der Waals surface area contributed by atoms with Crippen LogP contribution < -0.4 is 0 Å². The predicted molar refractivity (Wildman–Crippen MR) is 79.2 cm³/mol. The molecule has 1 N–H and O–H groups in total. The van der Waals surface area contributed by atoms with Gasteiger partial charge in [0.15, 0.2) is 0 Å². The number of hydrogen-bond donors (Lipinski definition) is 1. The van der Waals surface area contributed by atoms with Gasteiger partial charge >= 0.3 is 0 Å². The number of fused-ring (bicyclic) bond motifs is 2. The zero-order chi connectivity index (χ0) is 15.5. The molecular formula is C15H25NO4S. The average molecular weight is 315 g/mol. The Hall–Kier alpha value is -0.460. The van der Waals surface area contributed by atoms with Crippen molar-refractivity contribution in [2.24, 2.45) is 16.7 Å². The van der Waals surface area contributed by atoms with Crippen LogP contribution in [0.3, 0.4) is 0 Å². The first-order valence-electron chi connectivity index (χ1n) is 7.88. The van der Waals surface area contributed by atoms with E-state index in [0.29, 0.717) is 31.7 Å². The van der Waals surface area contributed by atoms with Crippen LogP contribution in [0.2, 0.25) is 0 Å². The van der Waals surface area contributed by atoms with Gasteiger partial charge in [-0.05, 0) is 37.0 Å². The van der Waals surface area contributed by atoms with E-state index < -0.39 is 15.4 Å². The molecule has 0 spiro atoms. The zero-order valence-electron chi connectivity index (χ0n) is 12.8. The van der Waals surface area contributed by atoms with Crippen LogP contribution in [-0.2, 0) is 14.8 Å². The van der Waals surface area contributed by atoms with Gasteiger partial charge in [0.1, 0.15) is 5.78 Å². The third-order valence-corrected chi connectivity index (χ3v) is 8.51. The Bertz CT molecular complexity index is 556. The lowest BCUT2D eigenvalue weighted by Gasteiger charge is -2.37. The summed E-state index contributed by atoms with van der Waals surface area (Å²) in [5.41, 5.74) is -0.940. The molecule has 1 heterocycles. The molecule has 2 aliphatic carbocycles. The zero-order valence-corrected chi connectivity index (χ0v) is 13.7. The van der Waals surface area contributed by atoms with Crippen molar-refractivity contribution in [1.29, 1.82) is 0 Å². The summed E-state index contributed by atoms with van der Waals surface area (Å²) >= 11 is 0. The van der Waals surface area contributed by atoms with Gasteiger partial charge in [-0.1, -0.05) is 13.8 Å². The first-order valence-corrected chi connectivity index (χ1v) is 9.49. The fourth-order valence-corrected chi connectivity index (χ4v) is 7.36. The first kappa shape index (κ1) is 15.4. The van der Waals surface area contributed by atoms with E-state index in [1.54, 1.807) is 0 Å². The lowest BCUT2D eigenvalue weighted by molar-refractivity contribution is -0.128. The smallest absolute Gasteiger partial charge is 0.215 e. The van der Waals surface area contributed by atoms with E-state index in [1.807, 2.05) is 0 Å². The molecule has 3 rings (SSSR count). The van der Waals surface area contributed by atoms with E-state index in [2.05, 4.69) is 13.8 Å². The Morgan fingerprint density at radius 2 is 2.05 bits per heavy atom. The summed E-state index contributed by atoms with van der Waals surface area (Å²) in [6.07, 6.45) is 3.68. The second-order valence-corrected chi connectivity index (χ2v) is 9.43. The molecule has 1 saturated heterocycles. The molecule has 3 atom stereocenters. The van der Waals surface area contributed by atoms with Crippen LogP contribution in [0.4, 0.5) is 0 Å². The molecule has 120 valence electrons. The second-order valence-electron chi connectivity index (χ2n) is 7.51. The molecule has 6 heteroatoms. The van der Waals surface area contributed by atoms with Crippen LogP contribution in [-0.4, -0.2) is 48.6 Å². The average Bonchev–Trinajstić information content (AvgIpc) is 3.01. The number of ketones is 1. The molecular weight excluding hydrogens is 290 g/mol. The van der Waals surface area contributed by atoms with Gasteiger partial charge in [0, 0.05) is 24.4 Å². The van der Waals surface area contributed by atoms with E-state index in [0.717, 1.165) is 12.8 Å². The number of aliphatic hydroxyl groups excluding tert-OH is 1. The topological polar surface area (TPSA) is 74.7 Å². The summed E-state index contributed by atoms with van der Waals surface area (Å²) in [7, 11) is -3.50.